The van der Waals surface area contributed by atoms with Crippen molar-refractivity contribution in [3.63, 3.8) is 0 Å². The fourth-order valence-corrected chi connectivity index (χ4v) is 4.06. The van der Waals surface area contributed by atoms with Gasteiger partial charge in [0.05, 0.1) is 24.5 Å². The first kappa shape index (κ1) is 12.8. The molecule has 110 valence electrons. The van der Waals surface area contributed by atoms with Gasteiger partial charge in [-0.05, 0) is 16.7 Å². The van der Waals surface area contributed by atoms with Crippen LogP contribution in [0.15, 0.2) is 34.9 Å². The van der Waals surface area contributed by atoms with Crippen LogP contribution in [0.25, 0.3) is 0 Å². The molecular formula is C16H17NO4. The summed E-state index contributed by atoms with van der Waals surface area (Å²) in [5.74, 6) is -0.0877. The van der Waals surface area contributed by atoms with Gasteiger partial charge in [0.1, 0.15) is 6.61 Å². The third-order valence-electron chi connectivity index (χ3n) is 5.04. The van der Waals surface area contributed by atoms with Crippen LogP contribution >= 0.6 is 0 Å². The summed E-state index contributed by atoms with van der Waals surface area (Å²) in [4.78, 5) is 26.2. The zero-order chi connectivity index (χ0) is 14.6. The fourth-order valence-electron chi connectivity index (χ4n) is 4.06. The van der Waals surface area contributed by atoms with E-state index in [1.807, 2.05) is 17.1 Å². The second-order valence-corrected chi connectivity index (χ2v) is 5.96. The number of methoxy groups -OCH3 is 1. The van der Waals surface area contributed by atoms with Gasteiger partial charge in [0, 0.05) is 20.1 Å². The number of rotatable bonds is 1. The van der Waals surface area contributed by atoms with E-state index < -0.39 is 5.54 Å². The Morgan fingerprint density at radius 2 is 2.24 bits per heavy atom. The monoisotopic (exact) mass is 287 g/mol. The second kappa shape index (κ2) is 4.31. The highest BCUT2D eigenvalue weighted by molar-refractivity contribution is 5.88. The number of carbonyl (C=O) groups is 2. The number of ether oxygens (including phenoxy) is 2. The molecule has 1 amide bonds. The van der Waals surface area contributed by atoms with Gasteiger partial charge in [-0.25, -0.2) is 0 Å². The fraction of sp³-hybridized carbons (Fsp3) is 0.500. The highest BCUT2D eigenvalue weighted by atomic mass is 16.5. The van der Waals surface area contributed by atoms with Crippen LogP contribution in [-0.2, 0) is 19.1 Å². The molecule has 0 aromatic rings. The van der Waals surface area contributed by atoms with E-state index in [-0.39, 0.29) is 31.0 Å². The van der Waals surface area contributed by atoms with Gasteiger partial charge in [-0.15, -0.1) is 0 Å². The van der Waals surface area contributed by atoms with E-state index >= 15 is 0 Å². The van der Waals surface area contributed by atoms with Crippen LogP contribution in [0.1, 0.15) is 19.3 Å². The van der Waals surface area contributed by atoms with Crippen molar-refractivity contribution in [2.75, 3.05) is 20.3 Å². The molecule has 0 fully saturated rings. The first-order valence-corrected chi connectivity index (χ1v) is 7.24. The van der Waals surface area contributed by atoms with Crippen molar-refractivity contribution in [1.29, 1.82) is 0 Å². The molecule has 1 spiro atoms. The summed E-state index contributed by atoms with van der Waals surface area (Å²) in [6.45, 7) is 0.866. The van der Waals surface area contributed by atoms with E-state index in [9.17, 15) is 9.59 Å². The minimum atomic E-state index is -0.487. The lowest BCUT2D eigenvalue weighted by Crippen LogP contribution is -2.57. The molecule has 0 bridgehead atoms. The maximum atomic E-state index is 12.5. The SMILES string of the molecule is CO[C@H]1C=CC2=CCN3C(=O)CC4=C(CC(=O)OC4)[C@]23C1. The van der Waals surface area contributed by atoms with Gasteiger partial charge in [-0.3, -0.25) is 9.59 Å². The number of nitrogens with zero attached hydrogens (tertiary/aromatic N) is 1. The van der Waals surface area contributed by atoms with E-state index in [4.69, 9.17) is 9.47 Å². The van der Waals surface area contributed by atoms with Gasteiger partial charge in [0.15, 0.2) is 0 Å². The molecule has 0 N–H and O–H groups in total. The Labute approximate surface area is 122 Å². The zero-order valence-corrected chi connectivity index (χ0v) is 11.9. The number of esters is 1. The summed E-state index contributed by atoms with van der Waals surface area (Å²) in [5.41, 5.74) is 2.67. The standard InChI is InChI=1S/C16H17NO4/c1-20-12-3-2-11-4-5-17-14(18)6-10-9-21-15(19)7-13(10)16(11,17)8-12/h2-4,12H,5-9H2,1H3/t12-,16-/m0/s1. The lowest BCUT2D eigenvalue weighted by molar-refractivity contribution is -0.146. The van der Waals surface area contributed by atoms with Gasteiger partial charge in [0.2, 0.25) is 5.91 Å². The molecule has 3 aliphatic heterocycles. The minimum absolute atomic E-state index is 0.0413. The van der Waals surface area contributed by atoms with Crippen molar-refractivity contribution in [3.05, 3.63) is 34.9 Å². The van der Waals surface area contributed by atoms with Crippen molar-refractivity contribution in [2.45, 2.75) is 30.9 Å². The van der Waals surface area contributed by atoms with E-state index in [1.54, 1.807) is 7.11 Å². The Morgan fingerprint density at radius 1 is 1.38 bits per heavy atom. The van der Waals surface area contributed by atoms with Crippen LogP contribution in [0.5, 0.6) is 0 Å². The van der Waals surface area contributed by atoms with Gasteiger partial charge in [-0.1, -0.05) is 18.2 Å². The summed E-state index contributed by atoms with van der Waals surface area (Å²) < 4.78 is 10.6. The normalized spacial score (nSPS) is 34.2. The molecule has 0 saturated carbocycles. The van der Waals surface area contributed by atoms with Crippen molar-refractivity contribution in [2.24, 2.45) is 0 Å². The van der Waals surface area contributed by atoms with Crippen molar-refractivity contribution < 1.29 is 19.1 Å². The quantitative estimate of drug-likeness (QED) is 0.535. The summed E-state index contributed by atoms with van der Waals surface area (Å²) >= 11 is 0. The predicted molar refractivity (Wildman–Crippen MR) is 74.3 cm³/mol. The van der Waals surface area contributed by atoms with Crippen LogP contribution in [0.4, 0.5) is 0 Å². The average molecular weight is 287 g/mol. The van der Waals surface area contributed by atoms with Gasteiger partial charge in [0.25, 0.3) is 0 Å². The topological polar surface area (TPSA) is 55.8 Å². The van der Waals surface area contributed by atoms with Crippen molar-refractivity contribution in [3.8, 4) is 0 Å². The number of hydrogen-bond acceptors (Lipinski definition) is 4. The third-order valence-corrected chi connectivity index (χ3v) is 5.04. The molecular weight excluding hydrogens is 270 g/mol. The van der Waals surface area contributed by atoms with Gasteiger partial charge >= 0.3 is 5.97 Å². The molecule has 1 aliphatic carbocycles. The number of cyclic esters (lactones) is 1. The second-order valence-electron chi connectivity index (χ2n) is 5.96. The first-order chi connectivity index (χ1) is 10.1. The maximum Gasteiger partial charge on any atom is 0.310 e. The van der Waals surface area contributed by atoms with Gasteiger partial charge in [-0.2, -0.15) is 0 Å². The summed E-state index contributed by atoms with van der Waals surface area (Å²) in [6, 6.07) is 0. The smallest absolute Gasteiger partial charge is 0.310 e. The summed E-state index contributed by atoms with van der Waals surface area (Å²) in [7, 11) is 1.68. The summed E-state index contributed by atoms with van der Waals surface area (Å²) in [5, 5.41) is 0. The van der Waals surface area contributed by atoms with E-state index in [1.165, 1.54) is 0 Å². The molecule has 4 rings (SSSR count). The Hall–Kier alpha value is -1.88. The zero-order valence-electron chi connectivity index (χ0n) is 11.9. The Balaban J connectivity index is 1.89. The van der Waals surface area contributed by atoms with E-state index in [0.29, 0.717) is 19.4 Å². The van der Waals surface area contributed by atoms with Crippen LogP contribution in [0, 0.1) is 0 Å². The van der Waals surface area contributed by atoms with Crippen LogP contribution in [0.2, 0.25) is 0 Å². The molecule has 0 unspecified atom stereocenters. The molecule has 0 saturated heterocycles. The largest absolute Gasteiger partial charge is 0.461 e. The van der Waals surface area contributed by atoms with Crippen molar-refractivity contribution in [1.82, 2.24) is 4.90 Å². The minimum Gasteiger partial charge on any atom is -0.461 e. The van der Waals surface area contributed by atoms with Crippen LogP contribution in [0.3, 0.4) is 0 Å². The Morgan fingerprint density at radius 3 is 3.05 bits per heavy atom. The predicted octanol–water partition coefficient (Wildman–Crippen LogP) is 1.12. The number of carbonyl (C=O) groups excluding carboxylic acids is 2. The number of hydrogen-bond donors (Lipinski definition) is 0. The molecule has 3 heterocycles. The molecule has 5 nitrogen and oxygen atoms in total. The number of amides is 1. The summed E-state index contributed by atoms with van der Waals surface area (Å²) in [6.07, 6.45) is 7.45. The Bertz CT molecular complexity index is 630. The molecule has 21 heavy (non-hydrogen) atoms. The molecule has 0 radical (unpaired) electrons. The molecule has 5 heteroatoms. The Kier molecular flexibility index (Phi) is 2.63. The average Bonchev–Trinajstić information content (AvgIpc) is 2.88. The first-order valence-electron chi connectivity index (χ1n) is 7.24. The van der Waals surface area contributed by atoms with Gasteiger partial charge < -0.3 is 14.4 Å². The van der Waals surface area contributed by atoms with E-state index in [2.05, 4.69) is 6.08 Å². The van der Waals surface area contributed by atoms with Crippen LogP contribution < -0.4 is 0 Å². The lowest BCUT2D eigenvalue weighted by atomic mass is 9.69. The molecule has 2 atom stereocenters. The highest BCUT2D eigenvalue weighted by Crippen LogP contribution is 2.50. The van der Waals surface area contributed by atoms with E-state index in [0.717, 1.165) is 16.7 Å². The lowest BCUT2D eigenvalue weighted by Gasteiger charge is -2.49. The van der Waals surface area contributed by atoms with Crippen LogP contribution in [-0.4, -0.2) is 48.7 Å². The van der Waals surface area contributed by atoms with Crippen molar-refractivity contribution >= 4 is 11.9 Å². The molecule has 4 aliphatic rings. The highest BCUT2D eigenvalue weighted by Gasteiger charge is 2.54. The molecule has 0 aromatic heterocycles. The third kappa shape index (κ3) is 1.61. The molecule has 0 aromatic carbocycles. The maximum absolute atomic E-state index is 12.5.